The molecule has 0 aromatic heterocycles. The third-order valence-electron chi connectivity index (χ3n) is 4.00. The molecule has 1 saturated carbocycles. The van der Waals surface area contributed by atoms with Gasteiger partial charge in [0.1, 0.15) is 5.82 Å². The van der Waals surface area contributed by atoms with E-state index in [9.17, 15) is 4.39 Å². The van der Waals surface area contributed by atoms with E-state index in [-0.39, 0.29) is 11.4 Å². The first-order valence-electron chi connectivity index (χ1n) is 6.87. The van der Waals surface area contributed by atoms with Crippen molar-refractivity contribution < 1.29 is 4.39 Å². The van der Waals surface area contributed by atoms with Crippen LogP contribution in [0.1, 0.15) is 33.1 Å². The van der Waals surface area contributed by atoms with E-state index in [1.807, 2.05) is 0 Å². The van der Waals surface area contributed by atoms with Gasteiger partial charge >= 0.3 is 0 Å². The molecule has 0 heterocycles. The van der Waals surface area contributed by atoms with Crippen LogP contribution in [0.3, 0.4) is 0 Å². The SMILES string of the molecule is CC1CC(C)CC(CN)(Nc2ccc(F)c(Br)c2)C1. The minimum absolute atomic E-state index is 0.0612. The summed E-state index contributed by atoms with van der Waals surface area (Å²) in [6, 6.07) is 5.05. The molecule has 0 radical (unpaired) electrons. The number of hydrogen-bond donors (Lipinski definition) is 2. The fourth-order valence-corrected chi connectivity index (χ4v) is 3.85. The van der Waals surface area contributed by atoms with Crippen molar-refractivity contribution in [3.63, 3.8) is 0 Å². The molecule has 2 nitrogen and oxygen atoms in total. The van der Waals surface area contributed by atoms with Crippen molar-refractivity contribution in [2.45, 2.75) is 38.6 Å². The summed E-state index contributed by atoms with van der Waals surface area (Å²) in [5.41, 5.74) is 6.90. The molecule has 2 atom stereocenters. The van der Waals surface area contributed by atoms with Gasteiger partial charge in [0.25, 0.3) is 0 Å². The average molecular weight is 329 g/mol. The zero-order valence-corrected chi connectivity index (χ0v) is 13.1. The van der Waals surface area contributed by atoms with Crippen LogP contribution in [0.15, 0.2) is 22.7 Å². The van der Waals surface area contributed by atoms with Gasteiger partial charge in [-0.1, -0.05) is 13.8 Å². The molecule has 2 rings (SSSR count). The van der Waals surface area contributed by atoms with Crippen molar-refractivity contribution in [1.82, 2.24) is 0 Å². The van der Waals surface area contributed by atoms with Crippen LogP contribution >= 0.6 is 15.9 Å². The topological polar surface area (TPSA) is 38.0 Å². The van der Waals surface area contributed by atoms with E-state index in [0.29, 0.717) is 22.9 Å². The summed E-state index contributed by atoms with van der Waals surface area (Å²) in [4.78, 5) is 0. The number of nitrogens with two attached hydrogens (primary N) is 1. The molecule has 0 amide bonds. The number of nitrogens with one attached hydrogen (secondary N) is 1. The molecular weight excluding hydrogens is 307 g/mol. The molecule has 2 unspecified atom stereocenters. The van der Waals surface area contributed by atoms with Crippen molar-refractivity contribution in [1.29, 1.82) is 0 Å². The number of halogens is 2. The van der Waals surface area contributed by atoms with E-state index < -0.39 is 0 Å². The average Bonchev–Trinajstić information content (AvgIpc) is 2.32. The predicted octanol–water partition coefficient (Wildman–Crippen LogP) is 4.15. The summed E-state index contributed by atoms with van der Waals surface area (Å²) in [6.07, 6.45) is 3.40. The molecule has 0 bridgehead atoms. The van der Waals surface area contributed by atoms with Crippen molar-refractivity contribution in [2.24, 2.45) is 17.6 Å². The lowest BCUT2D eigenvalue weighted by molar-refractivity contribution is 0.205. The molecule has 1 aliphatic rings. The Morgan fingerprint density at radius 3 is 2.53 bits per heavy atom. The molecule has 0 spiro atoms. The van der Waals surface area contributed by atoms with E-state index in [4.69, 9.17) is 5.73 Å². The molecule has 0 aliphatic heterocycles. The van der Waals surface area contributed by atoms with Gasteiger partial charge in [0.2, 0.25) is 0 Å². The van der Waals surface area contributed by atoms with Gasteiger partial charge in [-0.2, -0.15) is 0 Å². The molecule has 19 heavy (non-hydrogen) atoms. The first-order valence-corrected chi connectivity index (χ1v) is 7.67. The van der Waals surface area contributed by atoms with Gasteiger partial charge in [-0.3, -0.25) is 0 Å². The zero-order chi connectivity index (χ0) is 14.0. The smallest absolute Gasteiger partial charge is 0.137 e. The van der Waals surface area contributed by atoms with E-state index in [1.165, 1.54) is 12.5 Å². The van der Waals surface area contributed by atoms with Gasteiger partial charge in [-0.15, -0.1) is 0 Å². The molecule has 3 N–H and O–H groups in total. The molecule has 1 aliphatic carbocycles. The quantitative estimate of drug-likeness (QED) is 0.874. The Morgan fingerprint density at radius 1 is 1.37 bits per heavy atom. The zero-order valence-electron chi connectivity index (χ0n) is 11.5. The Balaban J connectivity index is 2.19. The van der Waals surface area contributed by atoms with Gasteiger partial charge in [0, 0.05) is 12.2 Å². The van der Waals surface area contributed by atoms with Crippen LogP contribution in [0.5, 0.6) is 0 Å². The maximum atomic E-state index is 13.3. The highest BCUT2D eigenvalue weighted by Crippen LogP contribution is 2.38. The molecular formula is C15H22BrFN2. The predicted molar refractivity (Wildman–Crippen MR) is 81.7 cm³/mol. The molecule has 1 aromatic rings. The fourth-order valence-electron chi connectivity index (χ4n) is 3.47. The van der Waals surface area contributed by atoms with Gasteiger partial charge in [-0.05, 0) is 65.2 Å². The van der Waals surface area contributed by atoms with Crippen molar-refractivity contribution in [3.05, 3.63) is 28.5 Å². The lowest BCUT2D eigenvalue weighted by Crippen LogP contribution is -2.50. The van der Waals surface area contributed by atoms with Crippen LogP contribution in [0.4, 0.5) is 10.1 Å². The van der Waals surface area contributed by atoms with Crippen LogP contribution in [-0.4, -0.2) is 12.1 Å². The fraction of sp³-hybridized carbons (Fsp3) is 0.600. The van der Waals surface area contributed by atoms with Crippen LogP contribution < -0.4 is 11.1 Å². The monoisotopic (exact) mass is 328 g/mol. The van der Waals surface area contributed by atoms with E-state index in [0.717, 1.165) is 18.5 Å². The van der Waals surface area contributed by atoms with Crippen LogP contribution in [0.2, 0.25) is 0 Å². The second kappa shape index (κ2) is 5.80. The van der Waals surface area contributed by atoms with Crippen molar-refractivity contribution >= 4 is 21.6 Å². The Kier molecular flexibility index (Phi) is 4.51. The van der Waals surface area contributed by atoms with Gasteiger partial charge < -0.3 is 11.1 Å². The summed E-state index contributed by atoms with van der Waals surface area (Å²) in [7, 11) is 0. The van der Waals surface area contributed by atoms with E-state index in [2.05, 4.69) is 35.1 Å². The van der Waals surface area contributed by atoms with E-state index in [1.54, 1.807) is 12.1 Å². The van der Waals surface area contributed by atoms with E-state index >= 15 is 0 Å². The van der Waals surface area contributed by atoms with Gasteiger partial charge in [0.15, 0.2) is 0 Å². The maximum Gasteiger partial charge on any atom is 0.137 e. The number of rotatable bonds is 3. The highest BCUT2D eigenvalue weighted by atomic mass is 79.9. The number of anilines is 1. The second-order valence-corrected chi connectivity index (χ2v) is 6.95. The number of hydrogen-bond acceptors (Lipinski definition) is 2. The minimum atomic E-state index is -0.238. The molecule has 4 heteroatoms. The van der Waals surface area contributed by atoms with Gasteiger partial charge in [-0.25, -0.2) is 4.39 Å². The third-order valence-corrected chi connectivity index (χ3v) is 4.61. The Bertz CT molecular complexity index is 440. The number of benzene rings is 1. The second-order valence-electron chi connectivity index (χ2n) is 6.09. The summed E-state index contributed by atoms with van der Waals surface area (Å²) < 4.78 is 13.8. The normalized spacial score (nSPS) is 31.2. The van der Waals surface area contributed by atoms with Crippen molar-refractivity contribution in [2.75, 3.05) is 11.9 Å². The van der Waals surface area contributed by atoms with Crippen LogP contribution in [0.25, 0.3) is 0 Å². The molecule has 1 aromatic carbocycles. The Morgan fingerprint density at radius 2 is 2.00 bits per heavy atom. The van der Waals surface area contributed by atoms with Gasteiger partial charge in [0.05, 0.1) is 10.0 Å². The third kappa shape index (κ3) is 3.48. The molecule has 1 fully saturated rings. The first kappa shape index (κ1) is 14.8. The summed E-state index contributed by atoms with van der Waals surface area (Å²) in [5, 5.41) is 3.55. The summed E-state index contributed by atoms with van der Waals surface area (Å²) >= 11 is 3.23. The first-order chi connectivity index (χ1) is 8.94. The largest absolute Gasteiger partial charge is 0.378 e. The van der Waals surface area contributed by atoms with Crippen LogP contribution in [0, 0.1) is 17.7 Å². The Labute approximate surface area is 123 Å². The van der Waals surface area contributed by atoms with Crippen molar-refractivity contribution in [3.8, 4) is 0 Å². The minimum Gasteiger partial charge on any atom is -0.378 e. The summed E-state index contributed by atoms with van der Waals surface area (Å²) in [6.45, 7) is 5.17. The lowest BCUT2D eigenvalue weighted by Gasteiger charge is -2.43. The maximum absolute atomic E-state index is 13.3. The highest BCUT2D eigenvalue weighted by Gasteiger charge is 2.36. The standard InChI is InChI=1S/C15H22BrFN2/c1-10-5-11(2)8-15(7-10,9-18)19-12-3-4-14(17)13(16)6-12/h3-4,6,10-11,19H,5,7-9,18H2,1-2H3. The lowest BCUT2D eigenvalue weighted by atomic mass is 9.71. The highest BCUT2D eigenvalue weighted by molar-refractivity contribution is 9.10. The van der Waals surface area contributed by atoms with Crippen LogP contribution in [-0.2, 0) is 0 Å². The Hall–Kier alpha value is -0.610. The summed E-state index contributed by atoms with van der Waals surface area (Å²) in [5.74, 6) is 1.10. The molecule has 0 saturated heterocycles. The molecule has 106 valence electrons.